The van der Waals surface area contributed by atoms with Gasteiger partial charge in [0.2, 0.25) is 0 Å². The molecule has 0 aromatic rings. The number of nitrogens with zero attached hydrogens (tertiary/aromatic N) is 1. The van der Waals surface area contributed by atoms with Gasteiger partial charge in [-0.1, -0.05) is 11.6 Å². The second kappa shape index (κ2) is 5.26. The molecule has 0 rings (SSSR count). The first-order chi connectivity index (χ1) is 5.18. The van der Waals surface area contributed by atoms with E-state index in [2.05, 4.69) is 6.58 Å². The maximum atomic E-state index is 11.3. The molecule has 0 spiro atoms. The van der Waals surface area contributed by atoms with Crippen LogP contribution in [0.3, 0.4) is 0 Å². The van der Waals surface area contributed by atoms with Crippen LogP contribution in [-0.2, 0) is 9.68 Å². The van der Waals surface area contributed by atoms with Crippen LogP contribution in [0.1, 0.15) is 13.8 Å². The lowest BCUT2D eigenvalue weighted by atomic mass is 10.6. The van der Waals surface area contributed by atoms with Gasteiger partial charge in [-0.25, -0.2) is 0 Å². The molecule has 0 saturated heterocycles. The minimum atomic E-state index is -1.09. The first-order valence-electron chi connectivity index (χ1n) is 3.67. The molecule has 0 N–H and O–H groups in total. The van der Waals surface area contributed by atoms with Crippen molar-refractivity contribution in [1.29, 1.82) is 0 Å². The van der Waals surface area contributed by atoms with Gasteiger partial charge in [0, 0.05) is 0 Å². The van der Waals surface area contributed by atoms with E-state index < -0.39 is 4.97 Å². The Hall–Kier alpha value is -0.420. The summed E-state index contributed by atoms with van der Waals surface area (Å²) in [5.41, 5.74) is 0. The van der Waals surface area contributed by atoms with Crippen LogP contribution in [0.15, 0.2) is 12.7 Å². The van der Waals surface area contributed by atoms with Crippen molar-refractivity contribution >= 4 is 0 Å². The molecule has 0 aliphatic rings. The fourth-order valence-corrected chi connectivity index (χ4v) is 0.694. The summed E-state index contributed by atoms with van der Waals surface area (Å²) in [4.78, 5) is 8.51. The molecule has 0 unspecified atom stereocenters. The van der Waals surface area contributed by atoms with E-state index in [4.69, 9.17) is 9.68 Å². The fourth-order valence-electron chi connectivity index (χ4n) is 0.694. The van der Waals surface area contributed by atoms with Crippen LogP contribution in [0, 0.1) is 5.21 Å². The van der Waals surface area contributed by atoms with Gasteiger partial charge in [0.25, 0.3) is 0 Å². The summed E-state index contributed by atoms with van der Waals surface area (Å²) in [6, 6.07) is 0. The van der Waals surface area contributed by atoms with E-state index in [1.165, 1.54) is 6.08 Å². The molecule has 0 atom stereocenters. The average molecular weight is 161 g/mol. The Morgan fingerprint density at radius 1 is 1.36 bits per heavy atom. The van der Waals surface area contributed by atoms with E-state index in [1.54, 1.807) is 13.8 Å². The van der Waals surface area contributed by atoms with E-state index in [1.807, 2.05) is 0 Å². The number of quaternary nitrogens is 1. The van der Waals surface area contributed by atoms with Gasteiger partial charge in [-0.15, -0.1) is 0 Å². The zero-order valence-electron chi connectivity index (χ0n) is 7.08. The van der Waals surface area contributed by atoms with E-state index in [0.717, 1.165) is 0 Å². The molecule has 0 aliphatic carbocycles. The van der Waals surface area contributed by atoms with Crippen LogP contribution in [0.2, 0.25) is 0 Å². The largest absolute Gasteiger partial charge is 0.564 e. The molecule has 11 heavy (non-hydrogen) atoms. The zero-order valence-corrected chi connectivity index (χ0v) is 7.08. The summed E-state index contributed by atoms with van der Waals surface area (Å²) >= 11 is 0. The minimum absolute atomic E-state index is 0.113. The number of hydrogen-bond acceptors (Lipinski definition) is 3. The molecular weight excluding hydrogens is 146 g/mol. The van der Waals surface area contributed by atoms with Crippen molar-refractivity contribution in [3.8, 4) is 0 Å². The molecule has 4 heteroatoms. The third kappa shape index (κ3) is 4.10. The molecule has 0 bridgehead atoms. The quantitative estimate of drug-likeness (QED) is 0.336. The van der Waals surface area contributed by atoms with Gasteiger partial charge in [-0.2, -0.15) is 9.68 Å². The van der Waals surface area contributed by atoms with Gasteiger partial charge in [-0.3, -0.25) is 0 Å². The highest BCUT2D eigenvalue weighted by molar-refractivity contribution is 4.62. The molecule has 0 saturated carbocycles. The maximum Gasteiger partial charge on any atom is 0.160 e. The van der Waals surface area contributed by atoms with Crippen LogP contribution in [-0.4, -0.2) is 24.7 Å². The van der Waals surface area contributed by atoms with Gasteiger partial charge in [0.05, 0.1) is 0 Å². The van der Waals surface area contributed by atoms with Crippen LogP contribution >= 0.6 is 0 Å². The smallest absolute Gasteiger partial charge is 0.160 e. The Morgan fingerprint density at radius 2 is 1.82 bits per heavy atom. The lowest BCUT2D eigenvalue weighted by molar-refractivity contribution is -1.21. The monoisotopic (exact) mass is 161 g/mol. The topological polar surface area (TPSA) is 41.5 Å². The molecule has 66 valence electrons. The fraction of sp³-hybridized carbons (Fsp3) is 0.714. The molecule has 0 radical (unpaired) electrons. The first-order valence-corrected chi connectivity index (χ1v) is 3.67. The molecule has 0 aliphatic heterocycles. The summed E-state index contributed by atoms with van der Waals surface area (Å²) in [6.07, 6.45) is 1.47. The Labute approximate surface area is 67.1 Å². The summed E-state index contributed by atoms with van der Waals surface area (Å²) in [6.45, 7) is 7.69. The van der Waals surface area contributed by atoms with Gasteiger partial charge in [0.1, 0.15) is 13.2 Å². The lowest BCUT2D eigenvalue weighted by Crippen LogP contribution is -2.42. The van der Waals surface area contributed by atoms with Crippen LogP contribution < -0.4 is 0 Å². The van der Waals surface area contributed by atoms with Crippen molar-refractivity contribution in [3.05, 3.63) is 17.9 Å². The number of hydrogen-bond donors (Lipinski definition) is 0. The molecule has 0 aromatic carbocycles. The zero-order chi connectivity index (χ0) is 8.74. The van der Waals surface area contributed by atoms with Crippen molar-refractivity contribution < 1.29 is 14.6 Å². The van der Waals surface area contributed by atoms with Gasteiger partial charge >= 0.3 is 0 Å². The minimum Gasteiger partial charge on any atom is -0.564 e. The van der Waals surface area contributed by atoms with Crippen molar-refractivity contribution in [1.82, 2.24) is 0 Å². The SMILES string of the molecule is C=CC[N+]([O-])(OCC)OCC. The highest BCUT2D eigenvalue weighted by Gasteiger charge is 2.16. The number of hydroxylamine groups is 3. The van der Waals surface area contributed by atoms with E-state index in [9.17, 15) is 5.21 Å². The summed E-state index contributed by atoms with van der Waals surface area (Å²) in [5, 5.41) is 11.3. The molecular formula is C7H15NO3. The second-order valence-electron chi connectivity index (χ2n) is 1.92. The number of rotatable bonds is 6. The highest BCUT2D eigenvalue weighted by atomic mass is 17.2. The Bertz CT molecular complexity index is 110. The molecule has 0 fully saturated rings. The van der Waals surface area contributed by atoms with Gasteiger partial charge < -0.3 is 5.21 Å². The molecule has 4 nitrogen and oxygen atoms in total. The van der Waals surface area contributed by atoms with E-state index in [0.29, 0.717) is 13.2 Å². The standard InChI is InChI=1S/C7H15NO3/c1-4-7-8(9,10-5-2)11-6-3/h4H,1,5-7H2,2-3H3. The van der Waals surface area contributed by atoms with Crippen molar-refractivity contribution in [2.24, 2.45) is 0 Å². The van der Waals surface area contributed by atoms with Crippen LogP contribution in [0.4, 0.5) is 0 Å². The van der Waals surface area contributed by atoms with E-state index >= 15 is 0 Å². The van der Waals surface area contributed by atoms with Crippen molar-refractivity contribution in [2.75, 3.05) is 19.8 Å². The van der Waals surface area contributed by atoms with Crippen molar-refractivity contribution in [3.63, 3.8) is 0 Å². The predicted octanol–water partition coefficient (Wildman–Crippen LogP) is 1.39. The Kier molecular flexibility index (Phi) is 5.06. The Morgan fingerprint density at radius 3 is 2.09 bits per heavy atom. The maximum absolute atomic E-state index is 11.3. The highest BCUT2D eigenvalue weighted by Crippen LogP contribution is 2.06. The normalized spacial score (nSPS) is 11.5. The first kappa shape index (κ1) is 10.6. The average Bonchev–Trinajstić information content (AvgIpc) is 1.88. The van der Waals surface area contributed by atoms with Crippen LogP contribution in [0.5, 0.6) is 0 Å². The summed E-state index contributed by atoms with van der Waals surface area (Å²) in [5.74, 6) is 0. The van der Waals surface area contributed by atoms with Gasteiger partial charge in [-0.05, 0) is 19.9 Å². The predicted molar refractivity (Wildman–Crippen MR) is 41.9 cm³/mol. The van der Waals surface area contributed by atoms with Crippen molar-refractivity contribution in [2.45, 2.75) is 13.8 Å². The Balaban J connectivity index is 3.88. The molecule has 0 heterocycles. The summed E-state index contributed by atoms with van der Waals surface area (Å²) < 4.78 is 0. The van der Waals surface area contributed by atoms with Gasteiger partial charge in [0.15, 0.2) is 6.54 Å². The van der Waals surface area contributed by atoms with E-state index in [-0.39, 0.29) is 6.54 Å². The summed E-state index contributed by atoms with van der Waals surface area (Å²) in [7, 11) is 0. The second-order valence-corrected chi connectivity index (χ2v) is 1.92. The molecule has 0 amide bonds. The molecule has 0 aromatic heterocycles. The van der Waals surface area contributed by atoms with Crippen LogP contribution in [0.25, 0.3) is 0 Å². The third-order valence-electron chi connectivity index (χ3n) is 1.00. The lowest BCUT2D eigenvalue weighted by Gasteiger charge is -2.33. The third-order valence-corrected chi connectivity index (χ3v) is 1.00.